The third-order valence-corrected chi connectivity index (χ3v) is 2.65. The lowest BCUT2D eigenvalue weighted by Gasteiger charge is -2.16. The van der Waals surface area contributed by atoms with Gasteiger partial charge in [-0.3, -0.25) is 4.79 Å². The van der Waals surface area contributed by atoms with Crippen LogP contribution >= 0.6 is 0 Å². The van der Waals surface area contributed by atoms with Gasteiger partial charge in [0, 0.05) is 13.6 Å². The minimum atomic E-state index is -2.84. The minimum absolute atomic E-state index is 0.0868. The van der Waals surface area contributed by atoms with Gasteiger partial charge >= 0.3 is 6.61 Å². The third kappa shape index (κ3) is 3.57. The van der Waals surface area contributed by atoms with Crippen LogP contribution in [0.25, 0.3) is 0 Å². The fourth-order valence-electron chi connectivity index (χ4n) is 1.71. The Kier molecular flexibility index (Phi) is 4.34. The number of furan rings is 1. The Labute approximate surface area is 114 Å². The Hall–Kier alpha value is -2.37. The highest BCUT2D eigenvalue weighted by Gasteiger charge is 2.14. The van der Waals surface area contributed by atoms with E-state index < -0.39 is 6.61 Å². The quantitative estimate of drug-likeness (QED) is 0.845. The van der Waals surface area contributed by atoms with E-state index >= 15 is 0 Å². The molecule has 20 heavy (non-hydrogen) atoms. The third-order valence-electron chi connectivity index (χ3n) is 2.65. The van der Waals surface area contributed by atoms with Gasteiger partial charge in [0.15, 0.2) is 5.76 Å². The summed E-state index contributed by atoms with van der Waals surface area (Å²) in [7, 11) is 1.63. The summed E-state index contributed by atoms with van der Waals surface area (Å²) in [6, 6.07) is 9.35. The number of carbonyl (C=O) groups is 1. The molecule has 0 saturated carbocycles. The number of benzene rings is 1. The number of rotatable bonds is 5. The van der Waals surface area contributed by atoms with Crippen molar-refractivity contribution in [1.29, 1.82) is 0 Å². The molecule has 1 heterocycles. The molecule has 0 unspecified atom stereocenters. The van der Waals surface area contributed by atoms with Gasteiger partial charge in [-0.25, -0.2) is 0 Å². The Morgan fingerprint density at radius 2 is 2.00 bits per heavy atom. The van der Waals surface area contributed by atoms with Crippen molar-refractivity contribution < 1.29 is 22.7 Å². The highest BCUT2D eigenvalue weighted by atomic mass is 19.3. The summed E-state index contributed by atoms with van der Waals surface area (Å²) in [6.45, 7) is -2.50. The lowest BCUT2D eigenvalue weighted by Crippen LogP contribution is -2.25. The largest absolute Gasteiger partial charge is 0.459 e. The average molecular weight is 281 g/mol. The van der Waals surface area contributed by atoms with Gasteiger partial charge in [0.1, 0.15) is 5.75 Å². The highest BCUT2D eigenvalue weighted by Crippen LogP contribution is 2.16. The molecule has 0 N–H and O–H groups in total. The first-order valence-corrected chi connectivity index (χ1v) is 5.89. The molecule has 6 heteroatoms. The zero-order valence-electron chi connectivity index (χ0n) is 10.8. The summed E-state index contributed by atoms with van der Waals surface area (Å²) in [5, 5.41) is 0. The fourth-order valence-corrected chi connectivity index (χ4v) is 1.71. The van der Waals surface area contributed by atoms with E-state index in [1.54, 1.807) is 31.3 Å². The van der Waals surface area contributed by atoms with Crippen molar-refractivity contribution in [3.63, 3.8) is 0 Å². The molecule has 2 aromatic rings. The van der Waals surface area contributed by atoms with Crippen molar-refractivity contribution in [1.82, 2.24) is 4.90 Å². The van der Waals surface area contributed by atoms with Gasteiger partial charge in [-0.15, -0.1) is 0 Å². The molecule has 0 atom stereocenters. The van der Waals surface area contributed by atoms with Crippen LogP contribution in [0.3, 0.4) is 0 Å². The van der Waals surface area contributed by atoms with E-state index in [9.17, 15) is 13.6 Å². The van der Waals surface area contributed by atoms with E-state index in [2.05, 4.69) is 4.74 Å². The molecule has 0 bridgehead atoms. The van der Waals surface area contributed by atoms with Crippen molar-refractivity contribution in [3.05, 3.63) is 54.0 Å². The highest BCUT2D eigenvalue weighted by molar-refractivity contribution is 5.91. The predicted molar refractivity (Wildman–Crippen MR) is 67.6 cm³/mol. The number of ether oxygens (including phenoxy) is 1. The van der Waals surface area contributed by atoms with Gasteiger partial charge < -0.3 is 14.1 Å². The number of hydrogen-bond donors (Lipinski definition) is 0. The van der Waals surface area contributed by atoms with E-state index in [1.807, 2.05) is 0 Å². The number of nitrogens with zero attached hydrogens (tertiary/aromatic N) is 1. The second kappa shape index (κ2) is 6.18. The van der Waals surface area contributed by atoms with Gasteiger partial charge in [0.25, 0.3) is 5.91 Å². The topological polar surface area (TPSA) is 42.7 Å². The van der Waals surface area contributed by atoms with Crippen LogP contribution in [0.15, 0.2) is 47.1 Å². The lowest BCUT2D eigenvalue weighted by atomic mass is 10.2. The average Bonchev–Trinajstić information content (AvgIpc) is 2.93. The van der Waals surface area contributed by atoms with Gasteiger partial charge in [-0.05, 0) is 29.8 Å². The first-order chi connectivity index (χ1) is 9.56. The summed E-state index contributed by atoms with van der Waals surface area (Å²) in [4.78, 5) is 13.4. The number of hydrogen-bond acceptors (Lipinski definition) is 3. The Morgan fingerprint density at radius 3 is 2.55 bits per heavy atom. The maximum Gasteiger partial charge on any atom is 0.387 e. The monoisotopic (exact) mass is 281 g/mol. The Morgan fingerprint density at radius 1 is 1.30 bits per heavy atom. The summed E-state index contributed by atoms with van der Waals surface area (Å²) < 4.78 is 33.3. The molecule has 4 nitrogen and oxygen atoms in total. The zero-order chi connectivity index (χ0) is 14.5. The van der Waals surface area contributed by atoms with Crippen LogP contribution in [0, 0.1) is 0 Å². The normalized spacial score (nSPS) is 10.6. The van der Waals surface area contributed by atoms with Gasteiger partial charge in [0.2, 0.25) is 0 Å². The molecule has 106 valence electrons. The molecule has 1 amide bonds. The summed E-state index contributed by atoms with van der Waals surface area (Å²) in [5.41, 5.74) is 0.800. The zero-order valence-corrected chi connectivity index (χ0v) is 10.8. The van der Waals surface area contributed by atoms with Gasteiger partial charge in [-0.2, -0.15) is 8.78 Å². The smallest absolute Gasteiger partial charge is 0.387 e. The van der Waals surface area contributed by atoms with E-state index in [1.165, 1.54) is 23.3 Å². The lowest BCUT2D eigenvalue weighted by molar-refractivity contribution is -0.0498. The first kappa shape index (κ1) is 14.0. The fraction of sp³-hybridized carbons (Fsp3) is 0.214. The number of carbonyl (C=O) groups excluding carboxylic acids is 1. The van der Waals surface area contributed by atoms with Crippen molar-refractivity contribution in [2.24, 2.45) is 0 Å². The molecule has 0 radical (unpaired) electrons. The van der Waals surface area contributed by atoms with Crippen LogP contribution < -0.4 is 4.74 Å². The molecule has 0 aliphatic heterocycles. The maximum absolute atomic E-state index is 12.0. The van der Waals surface area contributed by atoms with E-state index in [-0.39, 0.29) is 17.4 Å². The summed E-state index contributed by atoms with van der Waals surface area (Å²) >= 11 is 0. The summed E-state index contributed by atoms with van der Waals surface area (Å²) in [5.74, 6) is 0.0943. The second-order valence-corrected chi connectivity index (χ2v) is 4.16. The van der Waals surface area contributed by atoms with E-state index in [0.29, 0.717) is 6.54 Å². The van der Waals surface area contributed by atoms with E-state index in [0.717, 1.165) is 5.56 Å². The molecule has 0 saturated heterocycles. The predicted octanol–water partition coefficient (Wildman–Crippen LogP) is 3.15. The molecular weight excluding hydrogens is 268 g/mol. The van der Waals surface area contributed by atoms with Crippen LogP contribution in [-0.2, 0) is 6.54 Å². The standard InChI is InChI=1S/C14H13F2NO3/c1-17(13(18)12-3-2-8-19-12)9-10-4-6-11(7-5-10)20-14(15)16/h2-8,14H,9H2,1H3. The van der Waals surface area contributed by atoms with Crippen LogP contribution in [0.2, 0.25) is 0 Å². The second-order valence-electron chi connectivity index (χ2n) is 4.16. The first-order valence-electron chi connectivity index (χ1n) is 5.89. The summed E-state index contributed by atoms with van der Waals surface area (Å²) in [6.07, 6.45) is 1.43. The number of alkyl halides is 2. The Bertz CT molecular complexity index is 552. The minimum Gasteiger partial charge on any atom is -0.459 e. The van der Waals surface area contributed by atoms with Crippen LogP contribution in [0.1, 0.15) is 16.1 Å². The number of amides is 1. The molecule has 1 aromatic carbocycles. The Balaban J connectivity index is 1.97. The molecule has 1 aromatic heterocycles. The van der Waals surface area contributed by atoms with Gasteiger partial charge in [-0.1, -0.05) is 12.1 Å². The van der Waals surface area contributed by atoms with Crippen LogP contribution in [0.5, 0.6) is 5.75 Å². The van der Waals surface area contributed by atoms with Crippen molar-refractivity contribution in [2.45, 2.75) is 13.2 Å². The van der Waals surface area contributed by atoms with Crippen molar-refractivity contribution in [3.8, 4) is 5.75 Å². The molecule has 2 rings (SSSR count). The maximum atomic E-state index is 12.0. The van der Waals surface area contributed by atoms with Crippen LogP contribution in [0.4, 0.5) is 8.78 Å². The van der Waals surface area contributed by atoms with Gasteiger partial charge in [0.05, 0.1) is 6.26 Å². The van der Waals surface area contributed by atoms with Crippen LogP contribution in [-0.4, -0.2) is 24.5 Å². The molecule has 0 aliphatic rings. The molecular formula is C14H13F2NO3. The van der Waals surface area contributed by atoms with E-state index in [4.69, 9.17) is 4.42 Å². The van der Waals surface area contributed by atoms with Crippen molar-refractivity contribution in [2.75, 3.05) is 7.05 Å². The molecule has 0 fully saturated rings. The van der Waals surface area contributed by atoms with Crippen molar-refractivity contribution >= 4 is 5.91 Å². The molecule has 0 aliphatic carbocycles. The molecule has 0 spiro atoms. The number of halogens is 2. The SMILES string of the molecule is CN(Cc1ccc(OC(F)F)cc1)C(=O)c1ccco1.